The Hall–Kier alpha value is -3.37. The van der Waals surface area contributed by atoms with E-state index in [0.717, 1.165) is 32.6 Å². The average Bonchev–Trinajstić information content (AvgIpc) is 3.64. The van der Waals surface area contributed by atoms with E-state index in [9.17, 15) is 18.4 Å². The molecule has 2 aromatic carbocycles. The summed E-state index contributed by atoms with van der Waals surface area (Å²) in [6.07, 6.45) is 2.11. The lowest BCUT2D eigenvalue weighted by Gasteiger charge is -2.39. The molecule has 5 rings (SSSR count). The Morgan fingerprint density at radius 2 is 1.70 bits per heavy atom. The van der Waals surface area contributed by atoms with Gasteiger partial charge in [0.1, 0.15) is 13.3 Å². The third kappa shape index (κ3) is 6.18. The number of hydrogen-bond acceptors (Lipinski definition) is 6. The highest BCUT2D eigenvalue weighted by Crippen LogP contribution is 2.44. The molecular formula is C30H35F2N5O2S. The van der Waals surface area contributed by atoms with Crippen LogP contribution in [0, 0.1) is 0 Å². The SMILES string of the molecule is CC(=O)Nc1nc(C2(C(=O)NCc3cc(CF)cc(CF)c3)CCC(N3CCN(c4ccccc4)CC3)C2)cs1. The Bertz CT molecular complexity index is 1310. The summed E-state index contributed by atoms with van der Waals surface area (Å²) in [7, 11) is 0. The molecule has 2 N–H and O–H groups in total. The maximum absolute atomic E-state index is 13.9. The lowest BCUT2D eigenvalue weighted by molar-refractivity contribution is -0.127. The molecule has 40 heavy (non-hydrogen) atoms. The first kappa shape index (κ1) is 28.2. The Morgan fingerprint density at radius 3 is 2.35 bits per heavy atom. The Kier molecular flexibility index (Phi) is 8.75. The molecule has 1 aromatic heterocycles. The van der Waals surface area contributed by atoms with Crippen LogP contribution in [0.1, 0.15) is 48.6 Å². The zero-order chi connectivity index (χ0) is 28.1. The highest BCUT2D eigenvalue weighted by atomic mass is 32.1. The van der Waals surface area contributed by atoms with E-state index in [1.165, 1.54) is 30.0 Å². The lowest BCUT2D eigenvalue weighted by atomic mass is 9.81. The molecule has 212 valence electrons. The molecule has 10 heteroatoms. The summed E-state index contributed by atoms with van der Waals surface area (Å²) in [6.45, 7) is 3.88. The van der Waals surface area contributed by atoms with Gasteiger partial charge in [-0.15, -0.1) is 11.3 Å². The number of piperazine rings is 1. The van der Waals surface area contributed by atoms with Crippen molar-refractivity contribution in [2.24, 2.45) is 0 Å². The number of anilines is 2. The quantitative estimate of drug-likeness (QED) is 0.382. The van der Waals surface area contributed by atoms with E-state index in [2.05, 4.69) is 49.7 Å². The third-order valence-corrected chi connectivity index (χ3v) is 8.78. The Labute approximate surface area is 237 Å². The highest BCUT2D eigenvalue weighted by molar-refractivity contribution is 7.14. The predicted octanol–water partition coefficient (Wildman–Crippen LogP) is 4.97. The summed E-state index contributed by atoms with van der Waals surface area (Å²) < 4.78 is 26.7. The first-order valence-corrected chi connectivity index (χ1v) is 14.6. The van der Waals surface area contributed by atoms with E-state index in [0.29, 0.717) is 40.4 Å². The minimum Gasteiger partial charge on any atom is -0.369 e. The van der Waals surface area contributed by atoms with Gasteiger partial charge in [-0.3, -0.25) is 14.5 Å². The molecule has 2 aliphatic rings. The number of halogens is 2. The van der Waals surface area contributed by atoms with Crippen molar-refractivity contribution in [3.05, 3.63) is 76.3 Å². The number of para-hydroxylation sites is 1. The van der Waals surface area contributed by atoms with Gasteiger partial charge in [-0.1, -0.05) is 36.4 Å². The van der Waals surface area contributed by atoms with Crippen molar-refractivity contribution in [1.82, 2.24) is 15.2 Å². The maximum Gasteiger partial charge on any atom is 0.232 e. The van der Waals surface area contributed by atoms with Crippen LogP contribution < -0.4 is 15.5 Å². The van der Waals surface area contributed by atoms with Crippen LogP contribution in [0.2, 0.25) is 0 Å². The normalized spacial score (nSPS) is 21.4. The van der Waals surface area contributed by atoms with Gasteiger partial charge in [0.05, 0.1) is 11.1 Å². The highest BCUT2D eigenvalue weighted by Gasteiger charge is 2.49. The van der Waals surface area contributed by atoms with Crippen LogP contribution in [-0.4, -0.2) is 53.9 Å². The summed E-state index contributed by atoms with van der Waals surface area (Å²) in [5, 5.41) is 8.12. The van der Waals surface area contributed by atoms with Gasteiger partial charge in [0.15, 0.2) is 5.13 Å². The van der Waals surface area contributed by atoms with Crippen LogP contribution in [0.4, 0.5) is 19.6 Å². The number of nitrogens with one attached hydrogen (secondary N) is 2. The molecule has 2 unspecified atom stereocenters. The number of hydrogen-bond donors (Lipinski definition) is 2. The zero-order valence-corrected chi connectivity index (χ0v) is 23.5. The number of carbonyl (C=O) groups excluding carboxylic acids is 2. The van der Waals surface area contributed by atoms with Crippen molar-refractivity contribution in [2.75, 3.05) is 36.4 Å². The van der Waals surface area contributed by atoms with Gasteiger partial charge in [0.25, 0.3) is 0 Å². The molecule has 2 fully saturated rings. The molecule has 7 nitrogen and oxygen atoms in total. The van der Waals surface area contributed by atoms with Gasteiger partial charge in [-0.05, 0) is 48.1 Å². The average molecular weight is 568 g/mol. The van der Waals surface area contributed by atoms with E-state index in [4.69, 9.17) is 0 Å². The van der Waals surface area contributed by atoms with Crippen LogP contribution in [0.3, 0.4) is 0 Å². The van der Waals surface area contributed by atoms with Crippen LogP contribution in [-0.2, 0) is 34.9 Å². The predicted molar refractivity (Wildman–Crippen MR) is 154 cm³/mol. The fraction of sp³-hybridized carbons (Fsp3) is 0.433. The molecule has 1 saturated carbocycles. The number of alkyl halides is 2. The van der Waals surface area contributed by atoms with Crippen molar-refractivity contribution in [1.29, 1.82) is 0 Å². The van der Waals surface area contributed by atoms with Gasteiger partial charge in [0, 0.05) is 56.8 Å². The van der Waals surface area contributed by atoms with E-state index in [-0.39, 0.29) is 24.4 Å². The minimum atomic E-state index is -0.852. The summed E-state index contributed by atoms with van der Waals surface area (Å²) >= 11 is 1.31. The van der Waals surface area contributed by atoms with Crippen LogP contribution in [0.15, 0.2) is 53.9 Å². The van der Waals surface area contributed by atoms with Crippen LogP contribution >= 0.6 is 11.3 Å². The molecule has 1 saturated heterocycles. The van der Waals surface area contributed by atoms with E-state index < -0.39 is 18.8 Å². The van der Waals surface area contributed by atoms with Crippen molar-refractivity contribution < 1.29 is 18.4 Å². The standard InChI is InChI=1S/C30H35F2N5O2S/c1-21(38)34-29-35-27(20-40-29)30(28(39)33-19-24-14-22(17-31)13-23(15-24)18-32)8-7-26(16-30)37-11-9-36(10-12-37)25-5-3-2-4-6-25/h2-6,13-15,20,26H,7-12,16-19H2,1H3,(H,33,39)(H,34,35,38). The van der Waals surface area contributed by atoms with E-state index >= 15 is 0 Å². The molecule has 3 aromatic rings. The number of nitrogens with zero attached hydrogens (tertiary/aromatic N) is 3. The molecule has 2 atom stereocenters. The summed E-state index contributed by atoms with van der Waals surface area (Å²) in [5.74, 6) is -0.360. The first-order valence-electron chi connectivity index (χ1n) is 13.7. The second-order valence-electron chi connectivity index (χ2n) is 10.7. The summed E-state index contributed by atoms with van der Waals surface area (Å²) in [4.78, 5) is 35.1. The minimum absolute atomic E-state index is 0.148. The molecule has 1 aliphatic heterocycles. The van der Waals surface area contributed by atoms with Crippen LogP contribution in [0.25, 0.3) is 0 Å². The fourth-order valence-corrected chi connectivity index (χ4v) is 6.87. The van der Waals surface area contributed by atoms with Crippen molar-refractivity contribution in [3.63, 3.8) is 0 Å². The van der Waals surface area contributed by atoms with E-state index in [1.54, 1.807) is 12.1 Å². The largest absolute Gasteiger partial charge is 0.369 e. The fourth-order valence-electron chi connectivity index (χ4n) is 6.02. The first-order chi connectivity index (χ1) is 19.4. The van der Waals surface area contributed by atoms with Gasteiger partial charge < -0.3 is 15.5 Å². The second kappa shape index (κ2) is 12.4. The number of benzene rings is 2. The van der Waals surface area contributed by atoms with Gasteiger partial charge in [0.2, 0.25) is 11.8 Å². The number of aromatic nitrogens is 1. The summed E-state index contributed by atoms with van der Waals surface area (Å²) in [6, 6.07) is 15.5. The topological polar surface area (TPSA) is 77.6 Å². The molecule has 0 bridgehead atoms. The molecule has 2 amide bonds. The Balaban J connectivity index is 1.32. The molecular weight excluding hydrogens is 532 g/mol. The molecule has 1 aliphatic carbocycles. The number of carbonyl (C=O) groups is 2. The number of thiazole rings is 1. The van der Waals surface area contributed by atoms with Crippen molar-refractivity contribution in [2.45, 2.75) is 57.5 Å². The monoisotopic (exact) mass is 567 g/mol. The Morgan fingerprint density at radius 1 is 1.02 bits per heavy atom. The van der Waals surface area contributed by atoms with Crippen molar-refractivity contribution in [3.8, 4) is 0 Å². The maximum atomic E-state index is 13.9. The third-order valence-electron chi connectivity index (χ3n) is 8.03. The second-order valence-corrected chi connectivity index (χ2v) is 11.5. The number of amides is 2. The van der Waals surface area contributed by atoms with Crippen LogP contribution in [0.5, 0.6) is 0 Å². The van der Waals surface area contributed by atoms with Gasteiger partial charge in [-0.25, -0.2) is 13.8 Å². The van der Waals surface area contributed by atoms with E-state index in [1.807, 2.05) is 11.4 Å². The van der Waals surface area contributed by atoms with Crippen molar-refractivity contribution >= 4 is 34.0 Å². The van der Waals surface area contributed by atoms with Gasteiger partial charge >= 0.3 is 0 Å². The van der Waals surface area contributed by atoms with Gasteiger partial charge in [-0.2, -0.15) is 0 Å². The smallest absolute Gasteiger partial charge is 0.232 e. The summed E-state index contributed by atoms with van der Waals surface area (Å²) in [5.41, 5.74) is 2.48. The number of rotatable bonds is 9. The lowest BCUT2D eigenvalue weighted by Crippen LogP contribution is -2.51. The zero-order valence-electron chi connectivity index (χ0n) is 22.7. The molecule has 2 heterocycles. The molecule has 0 radical (unpaired) electrons. The molecule has 0 spiro atoms.